The van der Waals surface area contributed by atoms with Gasteiger partial charge in [0.2, 0.25) is 0 Å². The lowest BCUT2D eigenvalue weighted by Crippen LogP contribution is -2.30. The van der Waals surface area contributed by atoms with E-state index in [1.165, 1.54) is 23.1 Å². The van der Waals surface area contributed by atoms with Gasteiger partial charge in [0.25, 0.3) is 11.7 Å². The largest absolute Gasteiger partial charge is 0.305 e. The van der Waals surface area contributed by atoms with Crippen molar-refractivity contribution in [3.63, 3.8) is 0 Å². The first-order valence-electron chi connectivity index (χ1n) is 5.42. The average Bonchev–Trinajstić information content (AvgIpc) is 2.54. The van der Waals surface area contributed by atoms with Gasteiger partial charge in [-0.05, 0) is 31.0 Å². The minimum absolute atomic E-state index is 0.287. The zero-order valence-electron chi connectivity index (χ0n) is 9.28. The molecule has 4 heteroatoms. The third-order valence-corrected chi connectivity index (χ3v) is 2.72. The topological polar surface area (TPSA) is 37.4 Å². The number of carbonyl (C=O) groups is 2. The predicted molar refractivity (Wildman–Crippen MR) is 62.5 cm³/mol. The van der Waals surface area contributed by atoms with Crippen molar-refractivity contribution in [2.75, 3.05) is 11.4 Å². The SMILES string of the molecule is C=CCCCN1C(=O)C(=O)c2ccc(F)cc21. The summed E-state index contributed by atoms with van der Waals surface area (Å²) in [5.74, 6) is -1.58. The van der Waals surface area contributed by atoms with Crippen molar-refractivity contribution in [1.82, 2.24) is 0 Å². The molecule has 0 saturated carbocycles. The van der Waals surface area contributed by atoms with E-state index in [4.69, 9.17) is 0 Å². The predicted octanol–water partition coefficient (Wildman–Crippen LogP) is 2.32. The van der Waals surface area contributed by atoms with Crippen LogP contribution in [0.1, 0.15) is 23.2 Å². The van der Waals surface area contributed by atoms with E-state index in [-0.39, 0.29) is 5.56 Å². The smallest absolute Gasteiger partial charge is 0.299 e. The van der Waals surface area contributed by atoms with Crippen molar-refractivity contribution < 1.29 is 14.0 Å². The lowest BCUT2D eigenvalue weighted by molar-refractivity contribution is -0.114. The van der Waals surface area contributed by atoms with Crippen LogP contribution in [0.25, 0.3) is 0 Å². The van der Waals surface area contributed by atoms with E-state index in [2.05, 4.69) is 6.58 Å². The third-order valence-electron chi connectivity index (χ3n) is 2.72. The summed E-state index contributed by atoms with van der Waals surface area (Å²) in [6.45, 7) is 4.00. The highest BCUT2D eigenvalue weighted by atomic mass is 19.1. The van der Waals surface area contributed by atoms with E-state index in [1.807, 2.05) is 0 Å². The number of carbonyl (C=O) groups excluding carboxylic acids is 2. The quantitative estimate of drug-likeness (QED) is 0.454. The molecule has 3 nitrogen and oxygen atoms in total. The van der Waals surface area contributed by atoms with Crippen LogP contribution in [0, 0.1) is 5.82 Å². The molecule has 0 aromatic heterocycles. The molecule has 0 unspecified atom stereocenters. The highest BCUT2D eigenvalue weighted by Gasteiger charge is 2.35. The van der Waals surface area contributed by atoms with Crippen LogP contribution >= 0.6 is 0 Å². The first-order valence-corrected chi connectivity index (χ1v) is 5.42. The van der Waals surface area contributed by atoms with Crippen LogP contribution in [0.3, 0.4) is 0 Å². The number of hydrogen-bond donors (Lipinski definition) is 0. The number of fused-ring (bicyclic) bond motifs is 1. The molecule has 1 heterocycles. The Bertz CT molecular complexity index is 496. The normalized spacial score (nSPS) is 14.1. The number of anilines is 1. The second-order valence-electron chi connectivity index (χ2n) is 3.88. The standard InChI is InChI=1S/C13H12FNO2/c1-2-3-4-7-15-11-8-9(14)5-6-10(11)12(16)13(15)17/h2,5-6,8H,1,3-4,7H2. The van der Waals surface area contributed by atoms with E-state index in [1.54, 1.807) is 6.08 Å². The zero-order chi connectivity index (χ0) is 12.4. The number of unbranched alkanes of at least 4 members (excludes halogenated alkanes) is 1. The van der Waals surface area contributed by atoms with Gasteiger partial charge < -0.3 is 4.90 Å². The van der Waals surface area contributed by atoms with Crippen molar-refractivity contribution in [2.45, 2.75) is 12.8 Å². The Morgan fingerprint density at radius 2 is 2.12 bits per heavy atom. The highest BCUT2D eigenvalue weighted by molar-refractivity contribution is 6.52. The van der Waals surface area contributed by atoms with Gasteiger partial charge in [0.1, 0.15) is 5.82 Å². The number of nitrogens with zero attached hydrogens (tertiary/aromatic N) is 1. The van der Waals surface area contributed by atoms with Crippen molar-refractivity contribution in [3.8, 4) is 0 Å². The van der Waals surface area contributed by atoms with Gasteiger partial charge in [-0.15, -0.1) is 6.58 Å². The molecule has 0 fully saturated rings. The molecule has 0 saturated heterocycles. The second-order valence-corrected chi connectivity index (χ2v) is 3.88. The Hall–Kier alpha value is -1.97. The van der Waals surface area contributed by atoms with E-state index in [9.17, 15) is 14.0 Å². The summed E-state index contributed by atoms with van der Waals surface area (Å²) in [6.07, 6.45) is 3.20. The van der Waals surface area contributed by atoms with Crippen LogP contribution in [0.4, 0.5) is 10.1 Å². The van der Waals surface area contributed by atoms with Gasteiger partial charge in [-0.2, -0.15) is 0 Å². The first-order chi connectivity index (χ1) is 8.15. The summed E-state index contributed by atoms with van der Waals surface area (Å²) in [6, 6.07) is 3.78. The molecule has 17 heavy (non-hydrogen) atoms. The zero-order valence-corrected chi connectivity index (χ0v) is 9.28. The molecule has 0 spiro atoms. The molecule has 88 valence electrons. The second kappa shape index (κ2) is 4.49. The number of hydrogen-bond acceptors (Lipinski definition) is 2. The highest BCUT2D eigenvalue weighted by Crippen LogP contribution is 2.29. The number of benzene rings is 1. The number of ketones is 1. The lowest BCUT2D eigenvalue weighted by atomic mass is 10.1. The van der Waals surface area contributed by atoms with Crippen LogP contribution in [0.2, 0.25) is 0 Å². The average molecular weight is 233 g/mol. The summed E-state index contributed by atoms with van der Waals surface area (Å²) in [4.78, 5) is 24.7. The van der Waals surface area contributed by atoms with Crippen LogP contribution in [0.5, 0.6) is 0 Å². The maximum absolute atomic E-state index is 13.1. The number of allylic oxidation sites excluding steroid dienone is 1. The van der Waals surface area contributed by atoms with Crippen molar-refractivity contribution in [3.05, 3.63) is 42.2 Å². The molecule has 2 rings (SSSR count). The summed E-state index contributed by atoms with van der Waals surface area (Å²) in [5.41, 5.74) is 0.666. The minimum atomic E-state index is -0.574. The minimum Gasteiger partial charge on any atom is -0.305 e. The van der Waals surface area contributed by atoms with E-state index >= 15 is 0 Å². The molecule has 1 aromatic rings. The van der Waals surface area contributed by atoms with E-state index < -0.39 is 17.5 Å². The molecular weight excluding hydrogens is 221 g/mol. The maximum atomic E-state index is 13.1. The fourth-order valence-corrected chi connectivity index (χ4v) is 1.88. The summed E-state index contributed by atoms with van der Waals surface area (Å²) < 4.78 is 13.1. The summed E-state index contributed by atoms with van der Waals surface area (Å²) >= 11 is 0. The Labute approximate surface area is 98.5 Å². The van der Waals surface area contributed by atoms with Gasteiger partial charge >= 0.3 is 0 Å². The van der Waals surface area contributed by atoms with Crippen LogP contribution in [-0.4, -0.2) is 18.2 Å². The summed E-state index contributed by atoms with van der Waals surface area (Å²) in [5, 5.41) is 0. The van der Waals surface area contributed by atoms with Gasteiger partial charge in [0, 0.05) is 6.54 Å². The molecule has 1 aromatic carbocycles. The third kappa shape index (κ3) is 1.98. The Morgan fingerprint density at radius 1 is 1.35 bits per heavy atom. The molecule has 1 aliphatic rings. The van der Waals surface area contributed by atoms with Crippen LogP contribution < -0.4 is 4.90 Å². The molecule has 0 bridgehead atoms. The van der Waals surface area contributed by atoms with Crippen molar-refractivity contribution in [1.29, 1.82) is 0 Å². The van der Waals surface area contributed by atoms with Crippen LogP contribution in [-0.2, 0) is 4.79 Å². The lowest BCUT2D eigenvalue weighted by Gasteiger charge is -2.15. The van der Waals surface area contributed by atoms with Crippen molar-refractivity contribution >= 4 is 17.4 Å². The Kier molecular flexibility index (Phi) is 3.04. The first kappa shape index (κ1) is 11.5. The number of halogens is 1. The number of amides is 1. The number of rotatable bonds is 4. The van der Waals surface area contributed by atoms with Crippen LogP contribution in [0.15, 0.2) is 30.9 Å². The van der Waals surface area contributed by atoms with Gasteiger partial charge in [0.05, 0.1) is 11.3 Å². The molecule has 0 aliphatic carbocycles. The fraction of sp³-hybridized carbons (Fsp3) is 0.231. The number of Topliss-reactive ketones (excluding diaryl/α,β-unsaturated/α-hetero) is 1. The van der Waals surface area contributed by atoms with E-state index in [0.717, 1.165) is 6.42 Å². The summed E-state index contributed by atoms with van der Waals surface area (Å²) in [7, 11) is 0. The maximum Gasteiger partial charge on any atom is 0.299 e. The molecule has 1 amide bonds. The Morgan fingerprint density at radius 3 is 2.82 bits per heavy atom. The molecule has 0 N–H and O–H groups in total. The fourth-order valence-electron chi connectivity index (χ4n) is 1.88. The Balaban J connectivity index is 2.29. The van der Waals surface area contributed by atoms with E-state index in [0.29, 0.717) is 18.7 Å². The monoisotopic (exact) mass is 233 g/mol. The van der Waals surface area contributed by atoms with Gasteiger partial charge in [-0.25, -0.2) is 4.39 Å². The molecule has 0 atom stereocenters. The molecular formula is C13H12FNO2. The molecule has 1 aliphatic heterocycles. The van der Waals surface area contributed by atoms with Gasteiger partial charge in [-0.3, -0.25) is 9.59 Å². The molecule has 0 radical (unpaired) electrons. The van der Waals surface area contributed by atoms with Gasteiger partial charge in [0.15, 0.2) is 0 Å². The van der Waals surface area contributed by atoms with Gasteiger partial charge in [-0.1, -0.05) is 6.08 Å². The van der Waals surface area contributed by atoms with Crippen molar-refractivity contribution in [2.24, 2.45) is 0 Å².